The van der Waals surface area contributed by atoms with Crippen molar-refractivity contribution in [3.8, 4) is 0 Å². The van der Waals surface area contributed by atoms with E-state index in [2.05, 4.69) is 5.32 Å². The van der Waals surface area contributed by atoms with Crippen molar-refractivity contribution in [2.75, 3.05) is 19.8 Å². The molecule has 3 N–H and O–H groups in total. The highest BCUT2D eigenvalue weighted by atomic mass is 16.6. The van der Waals surface area contributed by atoms with Crippen LogP contribution in [0.2, 0.25) is 0 Å². The summed E-state index contributed by atoms with van der Waals surface area (Å²) in [5.41, 5.74) is 5.18. The molecule has 1 aliphatic heterocycles. The number of ether oxygens (including phenoxy) is 2. The van der Waals surface area contributed by atoms with Crippen molar-refractivity contribution in [2.24, 2.45) is 5.73 Å². The summed E-state index contributed by atoms with van der Waals surface area (Å²) in [5.74, 6) is 0. The maximum absolute atomic E-state index is 11.2. The van der Waals surface area contributed by atoms with Crippen LogP contribution < -0.4 is 11.1 Å². The van der Waals surface area contributed by atoms with Gasteiger partial charge in [0.25, 0.3) is 0 Å². The topological polar surface area (TPSA) is 73.6 Å². The Morgan fingerprint density at radius 3 is 2.93 bits per heavy atom. The van der Waals surface area contributed by atoms with E-state index in [1.165, 1.54) is 0 Å². The van der Waals surface area contributed by atoms with Crippen LogP contribution in [0.3, 0.4) is 0 Å². The number of carbonyl (C=O) groups is 1. The lowest BCUT2D eigenvalue weighted by Gasteiger charge is -2.19. The fraction of sp³-hybridized carbons (Fsp3) is 0.889. The molecule has 5 heteroatoms. The molecule has 14 heavy (non-hydrogen) atoms. The second-order valence-corrected chi connectivity index (χ2v) is 4.27. The molecule has 0 aliphatic carbocycles. The van der Waals surface area contributed by atoms with Gasteiger partial charge in [-0.25, -0.2) is 4.79 Å². The Balaban J connectivity index is 2.15. The van der Waals surface area contributed by atoms with Gasteiger partial charge in [0.2, 0.25) is 0 Å². The van der Waals surface area contributed by atoms with E-state index in [1.807, 2.05) is 0 Å². The van der Waals surface area contributed by atoms with Crippen LogP contribution in [0, 0.1) is 0 Å². The molecule has 1 rings (SSSR count). The van der Waals surface area contributed by atoms with E-state index in [-0.39, 0.29) is 12.6 Å². The van der Waals surface area contributed by atoms with Gasteiger partial charge in [-0.2, -0.15) is 0 Å². The van der Waals surface area contributed by atoms with E-state index < -0.39 is 11.6 Å². The summed E-state index contributed by atoms with van der Waals surface area (Å²) in [6.07, 6.45) is 0.431. The molecule has 82 valence electrons. The lowest BCUT2D eigenvalue weighted by Crippen LogP contribution is -2.42. The van der Waals surface area contributed by atoms with Gasteiger partial charge in [0.15, 0.2) is 0 Å². The summed E-state index contributed by atoms with van der Waals surface area (Å²) in [6.45, 7) is 5.10. The van der Waals surface area contributed by atoms with E-state index in [4.69, 9.17) is 15.2 Å². The van der Waals surface area contributed by atoms with Gasteiger partial charge in [0, 0.05) is 12.1 Å². The first-order chi connectivity index (χ1) is 6.47. The Bertz CT molecular complexity index is 195. The smallest absolute Gasteiger partial charge is 0.407 e. The molecule has 0 radical (unpaired) electrons. The van der Waals surface area contributed by atoms with E-state index in [1.54, 1.807) is 13.8 Å². The number of hydrogen-bond donors (Lipinski definition) is 2. The molecule has 0 spiro atoms. The predicted molar refractivity (Wildman–Crippen MR) is 52.0 cm³/mol. The molecule has 0 saturated carbocycles. The summed E-state index contributed by atoms with van der Waals surface area (Å²) >= 11 is 0. The number of hydrogen-bond acceptors (Lipinski definition) is 4. The maximum atomic E-state index is 11.2. The SMILES string of the molecule is CC(C)(N)COC(=O)NC1CCOC1. The zero-order valence-corrected chi connectivity index (χ0v) is 8.71. The van der Waals surface area contributed by atoms with Gasteiger partial charge in [0.1, 0.15) is 6.61 Å². The summed E-state index contributed by atoms with van der Waals surface area (Å²) < 4.78 is 10.0. The Labute approximate surface area is 83.9 Å². The van der Waals surface area contributed by atoms with E-state index >= 15 is 0 Å². The quantitative estimate of drug-likeness (QED) is 0.687. The molecule has 5 nitrogen and oxygen atoms in total. The van der Waals surface area contributed by atoms with E-state index in [0.29, 0.717) is 13.2 Å². The first-order valence-electron chi connectivity index (χ1n) is 4.77. The highest BCUT2D eigenvalue weighted by Gasteiger charge is 2.20. The number of nitrogens with two attached hydrogens (primary N) is 1. The monoisotopic (exact) mass is 202 g/mol. The van der Waals surface area contributed by atoms with Crippen molar-refractivity contribution in [1.29, 1.82) is 0 Å². The summed E-state index contributed by atoms with van der Waals surface area (Å²) in [4.78, 5) is 11.2. The molecular weight excluding hydrogens is 184 g/mol. The van der Waals surface area contributed by atoms with Crippen LogP contribution in [-0.4, -0.2) is 37.5 Å². The van der Waals surface area contributed by atoms with Gasteiger partial charge >= 0.3 is 6.09 Å². The molecule has 1 fully saturated rings. The summed E-state index contributed by atoms with van der Waals surface area (Å²) in [7, 11) is 0. The average molecular weight is 202 g/mol. The fourth-order valence-electron chi connectivity index (χ4n) is 1.11. The molecule has 0 aromatic rings. The third kappa shape index (κ3) is 4.43. The molecule has 1 amide bonds. The van der Waals surface area contributed by atoms with Crippen molar-refractivity contribution in [3.05, 3.63) is 0 Å². The molecule has 0 aromatic carbocycles. The van der Waals surface area contributed by atoms with Crippen molar-refractivity contribution >= 4 is 6.09 Å². The van der Waals surface area contributed by atoms with Crippen LogP contribution in [0.4, 0.5) is 4.79 Å². The number of rotatable bonds is 3. The molecule has 1 atom stereocenters. The number of amides is 1. The van der Waals surface area contributed by atoms with Gasteiger partial charge in [-0.15, -0.1) is 0 Å². The van der Waals surface area contributed by atoms with Crippen LogP contribution in [-0.2, 0) is 9.47 Å². The molecule has 1 aliphatic rings. The first kappa shape index (κ1) is 11.3. The number of alkyl carbamates (subject to hydrolysis) is 1. The normalized spacial score (nSPS) is 22.1. The van der Waals surface area contributed by atoms with E-state index in [9.17, 15) is 4.79 Å². The van der Waals surface area contributed by atoms with Crippen molar-refractivity contribution < 1.29 is 14.3 Å². The Hall–Kier alpha value is -0.810. The molecule has 1 saturated heterocycles. The Morgan fingerprint density at radius 1 is 1.71 bits per heavy atom. The van der Waals surface area contributed by atoms with Crippen molar-refractivity contribution in [1.82, 2.24) is 5.32 Å². The standard InChI is InChI=1S/C9H18N2O3/c1-9(2,10)6-14-8(12)11-7-3-4-13-5-7/h7H,3-6,10H2,1-2H3,(H,11,12). The second kappa shape index (κ2) is 4.61. The van der Waals surface area contributed by atoms with Gasteiger partial charge in [-0.05, 0) is 20.3 Å². The maximum Gasteiger partial charge on any atom is 0.407 e. The number of carbonyl (C=O) groups excluding carboxylic acids is 1. The number of nitrogens with one attached hydrogen (secondary N) is 1. The lowest BCUT2D eigenvalue weighted by atomic mass is 10.1. The molecular formula is C9H18N2O3. The minimum absolute atomic E-state index is 0.0865. The van der Waals surface area contributed by atoms with Crippen LogP contribution in [0.15, 0.2) is 0 Å². The minimum Gasteiger partial charge on any atom is -0.448 e. The summed E-state index contributed by atoms with van der Waals surface area (Å²) in [6, 6.07) is 0.0865. The summed E-state index contributed by atoms with van der Waals surface area (Å²) in [5, 5.41) is 2.71. The average Bonchev–Trinajstić information content (AvgIpc) is 2.52. The predicted octanol–water partition coefficient (Wildman–Crippen LogP) is 0.239. The third-order valence-corrected chi connectivity index (χ3v) is 1.83. The largest absolute Gasteiger partial charge is 0.448 e. The molecule has 1 heterocycles. The second-order valence-electron chi connectivity index (χ2n) is 4.27. The van der Waals surface area contributed by atoms with Crippen LogP contribution in [0.25, 0.3) is 0 Å². The highest BCUT2D eigenvalue weighted by Crippen LogP contribution is 2.04. The van der Waals surface area contributed by atoms with Crippen molar-refractivity contribution in [3.63, 3.8) is 0 Å². The molecule has 0 bridgehead atoms. The van der Waals surface area contributed by atoms with Gasteiger partial charge < -0.3 is 20.5 Å². The van der Waals surface area contributed by atoms with Crippen LogP contribution in [0.1, 0.15) is 20.3 Å². The zero-order chi connectivity index (χ0) is 10.6. The van der Waals surface area contributed by atoms with Crippen LogP contribution in [0.5, 0.6) is 0 Å². The zero-order valence-electron chi connectivity index (χ0n) is 8.71. The van der Waals surface area contributed by atoms with E-state index in [0.717, 1.165) is 6.42 Å². The molecule has 1 unspecified atom stereocenters. The van der Waals surface area contributed by atoms with Gasteiger partial charge in [-0.1, -0.05) is 0 Å². The van der Waals surface area contributed by atoms with Crippen molar-refractivity contribution in [2.45, 2.75) is 31.8 Å². The highest BCUT2D eigenvalue weighted by molar-refractivity contribution is 5.67. The Kier molecular flexibility index (Phi) is 3.71. The minimum atomic E-state index is -0.483. The van der Waals surface area contributed by atoms with Gasteiger partial charge in [0.05, 0.1) is 12.6 Å². The lowest BCUT2D eigenvalue weighted by molar-refractivity contribution is 0.119. The van der Waals surface area contributed by atoms with Crippen LogP contribution >= 0.6 is 0 Å². The van der Waals surface area contributed by atoms with Gasteiger partial charge in [-0.3, -0.25) is 0 Å². The first-order valence-corrected chi connectivity index (χ1v) is 4.77. The fourth-order valence-corrected chi connectivity index (χ4v) is 1.11. The third-order valence-electron chi connectivity index (χ3n) is 1.83. The Morgan fingerprint density at radius 2 is 2.43 bits per heavy atom. The molecule has 0 aromatic heterocycles.